The standard InChI is InChI=1S/C12H16ClN3O2/c1-16-7-8-4-9(14-6-10(17)5-13)2-3-11(8)15-12(16)18/h2-4,10,14,17H,5-7H2,1H3,(H,15,18). The number of benzene rings is 1. The number of halogens is 1. The van der Waals surface area contributed by atoms with E-state index in [2.05, 4.69) is 10.6 Å². The number of nitrogens with one attached hydrogen (secondary N) is 2. The average Bonchev–Trinajstić information content (AvgIpc) is 2.37. The molecule has 0 aliphatic carbocycles. The molecule has 6 heteroatoms. The maximum Gasteiger partial charge on any atom is 0.321 e. The number of rotatable bonds is 4. The summed E-state index contributed by atoms with van der Waals surface area (Å²) >= 11 is 5.52. The number of alkyl halides is 1. The minimum Gasteiger partial charge on any atom is -0.390 e. The van der Waals surface area contributed by atoms with Crippen LogP contribution in [-0.2, 0) is 6.54 Å². The summed E-state index contributed by atoms with van der Waals surface area (Å²) < 4.78 is 0. The van der Waals surface area contributed by atoms with Crippen LogP contribution < -0.4 is 10.6 Å². The van der Waals surface area contributed by atoms with Crippen molar-refractivity contribution in [1.82, 2.24) is 4.90 Å². The molecule has 1 aliphatic heterocycles. The van der Waals surface area contributed by atoms with Crippen LogP contribution in [0.1, 0.15) is 5.56 Å². The summed E-state index contributed by atoms with van der Waals surface area (Å²) in [5, 5.41) is 15.3. The number of nitrogens with zero attached hydrogens (tertiary/aromatic N) is 1. The number of amides is 2. The third kappa shape index (κ3) is 2.86. The molecule has 3 N–H and O–H groups in total. The van der Waals surface area contributed by atoms with Crippen LogP contribution in [0.25, 0.3) is 0 Å². The molecule has 98 valence electrons. The highest BCUT2D eigenvalue weighted by atomic mass is 35.5. The van der Waals surface area contributed by atoms with Crippen LogP contribution >= 0.6 is 11.6 Å². The first-order valence-corrected chi connectivity index (χ1v) is 6.26. The lowest BCUT2D eigenvalue weighted by Crippen LogP contribution is -2.35. The number of carbonyl (C=O) groups excluding carboxylic acids is 1. The van der Waals surface area contributed by atoms with Crippen molar-refractivity contribution < 1.29 is 9.90 Å². The molecule has 0 radical (unpaired) electrons. The zero-order valence-corrected chi connectivity index (χ0v) is 10.9. The van der Waals surface area contributed by atoms with Gasteiger partial charge < -0.3 is 20.6 Å². The van der Waals surface area contributed by atoms with Gasteiger partial charge in [-0.1, -0.05) is 0 Å². The fraction of sp³-hybridized carbons (Fsp3) is 0.417. The van der Waals surface area contributed by atoms with E-state index in [9.17, 15) is 9.90 Å². The van der Waals surface area contributed by atoms with Crippen LogP contribution in [0.2, 0.25) is 0 Å². The number of aliphatic hydroxyl groups is 1. The maximum absolute atomic E-state index is 11.4. The molecule has 1 aliphatic rings. The van der Waals surface area contributed by atoms with Gasteiger partial charge in [-0.05, 0) is 23.8 Å². The van der Waals surface area contributed by atoms with Crippen molar-refractivity contribution in [3.63, 3.8) is 0 Å². The second kappa shape index (κ2) is 5.46. The topological polar surface area (TPSA) is 64.6 Å². The quantitative estimate of drug-likeness (QED) is 0.729. The predicted octanol–water partition coefficient (Wildman–Crippen LogP) is 1.68. The van der Waals surface area contributed by atoms with Crippen LogP contribution in [-0.4, -0.2) is 41.6 Å². The summed E-state index contributed by atoms with van der Waals surface area (Å²) in [6.45, 7) is 0.985. The number of hydrogen-bond acceptors (Lipinski definition) is 3. The van der Waals surface area contributed by atoms with E-state index in [0.29, 0.717) is 13.1 Å². The normalized spacial score (nSPS) is 15.9. The Balaban J connectivity index is 2.08. The van der Waals surface area contributed by atoms with E-state index >= 15 is 0 Å². The van der Waals surface area contributed by atoms with Gasteiger partial charge in [-0.25, -0.2) is 4.79 Å². The van der Waals surface area contributed by atoms with Gasteiger partial charge >= 0.3 is 6.03 Å². The zero-order valence-electron chi connectivity index (χ0n) is 10.1. The lowest BCUT2D eigenvalue weighted by molar-refractivity contribution is 0.211. The van der Waals surface area contributed by atoms with Crippen LogP contribution in [0.3, 0.4) is 0 Å². The number of hydrogen-bond donors (Lipinski definition) is 3. The SMILES string of the molecule is CN1Cc2cc(NCC(O)CCl)ccc2NC1=O. The van der Waals surface area contributed by atoms with E-state index in [1.54, 1.807) is 11.9 Å². The third-order valence-electron chi connectivity index (χ3n) is 2.82. The molecule has 0 bridgehead atoms. The molecule has 1 unspecified atom stereocenters. The predicted molar refractivity (Wildman–Crippen MR) is 72.1 cm³/mol. The van der Waals surface area contributed by atoms with Crippen LogP contribution in [0.5, 0.6) is 0 Å². The Bertz CT molecular complexity index is 453. The van der Waals surface area contributed by atoms with Crippen LogP contribution in [0, 0.1) is 0 Å². The van der Waals surface area contributed by atoms with Crippen molar-refractivity contribution in [3.05, 3.63) is 23.8 Å². The van der Waals surface area contributed by atoms with Gasteiger partial charge in [0.15, 0.2) is 0 Å². The van der Waals surface area contributed by atoms with E-state index in [0.717, 1.165) is 16.9 Å². The lowest BCUT2D eigenvalue weighted by atomic mass is 10.1. The summed E-state index contributed by atoms with van der Waals surface area (Å²) in [4.78, 5) is 13.1. The van der Waals surface area contributed by atoms with Crippen molar-refractivity contribution in [1.29, 1.82) is 0 Å². The molecule has 0 aromatic heterocycles. The first-order valence-electron chi connectivity index (χ1n) is 5.73. The van der Waals surface area contributed by atoms with E-state index in [-0.39, 0.29) is 11.9 Å². The largest absolute Gasteiger partial charge is 0.390 e. The van der Waals surface area contributed by atoms with Gasteiger partial charge in [0.25, 0.3) is 0 Å². The van der Waals surface area contributed by atoms with E-state index in [1.165, 1.54) is 0 Å². The van der Waals surface area contributed by atoms with Gasteiger partial charge in [-0.3, -0.25) is 0 Å². The van der Waals surface area contributed by atoms with E-state index in [4.69, 9.17) is 11.6 Å². The first-order chi connectivity index (χ1) is 8.60. The van der Waals surface area contributed by atoms with Crippen LogP contribution in [0.15, 0.2) is 18.2 Å². The molecule has 18 heavy (non-hydrogen) atoms. The number of carbonyl (C=O) groups is 1. The van der Waals surface area contributed by atoms with Crippen molar-refractivity contribution >= 4 is 29.0 Å². The Morgan fingerprint density at radius 3 is 3.11 bits per heavy atom. The molecular formula is C12H16ClN3O2. The van der Waals surface area contributed by atoms with Crippen molar-refractivity contribution in [2.24, 2.45) is 0 Å². The summed E-state index contributed by atoms with van der Waals surface area (Å²) in [5.74, 6) is 0.205. The zero-order chi connectivity index (χ0) is 13.1. The lowest BCUT2D eigenvalue weighted by Gasteiger charge is -2.26. The molecule has 0 fully saturated rings. The molecule has 1 heterocycles. The Labute approximate surface area is 111 Å². The average molecular weight is 270 g/mol. The molecule has 2 rings (SSSR count). The highest BCUT2D eigenvalue weighted by molar-refractivity contribution is 6.18. The molecular weight excluding hydrogens is 254 g/mol. The number of fused-ring (bicyclic) bond motifs is 1. The van der Waals surface area contributed by atoms with Gasteiger partial charge in [0.05, 0.1) is 12.0 Å². The second-order valence-corrected chi connectivity index (χ2v) is 4.66. The molecule has 0 spiro atoms. The molecule has 2 amide bonds. The molecule has 1 aromatic carbocycles. The highest BCUT2D eigenvalue weighted by Crippen LogP contribution is 2.25. The smallest absolute Gasteiger partial charge is 0.321 e. The Kier molecular flexibility index (Phi) is 3.93. The minimum atomic E-state index is -0.565. The number of aliphatic hydroxyl groups excluding tert-OH is 1. The maximum atomic E-state index is 11.4. The first kappa shape index (κ1) is 13.0. The van der Waals surface area contributed by atoms with Gasteiger partial charge in [-0.2, -0.15) is 0 Å². The fourth-order valence-corrected chi connectivity index (χ4v) is 1.89. The molecule has 5 nitrogen and oxygen atoms in total. The van der Waals surface area contributed by atoms with Gasteiger partial charge in [0, 0.05) is 31.5 Å². The van der Waals surface area contributed by atoms with Crippen molar-refractivity contribution in [2.75, 3.05) is 30.1 Å². The third-order valence-corrected chi connectivity index (χ3v) is 3.18. The number of anilines is 2. The summed E-state index contributed by atoms with van der Waals surface area (Å²) in [6.07, 6.45) is -0.565. The molecule has 0 saturated carbocycles. The Hall–Kier alpha value is -1.46. The van der Waals surface area contributed by atoms with Gasteiger partial charge in [0.2, 0.25) is 0 Å². The van der Waals surface area contributed by atoms with E-state index < -0.39 is 6.10 Å². The molecule has 0 saturated heterocycles. The fourth-order valence-electron chi connectivity index (χ4n) is 1.78. The summed E-state index contributed by atoms with van der Waals surface area (Å²) in [6, 6.07) is 5.59. The summed E-state index contributed by atoms with van der Waals surface area (Å²) in [7, 11) is 1.75. The number of urea groups is 1. The Morgan fingerprint density at radius 2 is 2.39 bits per heavy atom. The van der Waals surface area contributed by atoms with Crippen molar-refractivity contribution in [2.45, 2.75) is 12.6 Å². The molecule has 1 atom stereocenters. The van der Waals surface area contributed by atoms with Gasteiger partial charge in [0.1, 0.15) is 0 Å². The highest BCUT2D eigenvalue weighted by Gasteiger charge is 2.19. The van der Waals surface area contributed by atoms with Crippen molar-refractivity contribution in [3.8, 4) is 0 Å². The monoisotopic (exact) mass is 269 g/mol. The second-order valence-electron chi connectivity index (χ2n) is 4.35. The van der Waals surface area contributed by atoms with Gasteiger partial charge in [-0.15, -0.1) is 11.6 Å². The Morgan fingerprint density at radius 1 is 1.61 bits per heavy atom. The summed E-state index contributed by atoms with van der Waals surface area (Å²) in [5.41, 5.74) is 2.78. The van der Waals surface area contributed by atoms with E-state index in [1.807, 2.05) is 18.2 Å². The minimum absolute atomic E-state index is 0.0965. The van der Waals surface area contributed by atoms with Crippen LogP contribution in [0.4, 0.5) is 16.2 Å². The molecule has 1 aromatic rings.